The molecule has 3 aromatic rings. The van der Waals surface area contributed by atoms with Gasteiger partial charge in [0.05, 0.1) is 5.69 Å². The molecular formula is C14H13N5OS. The van der Waals surface area contributed by atoms with Gasteiger partial charge in [0, 0.05) is 5.69 Å². The molecule has 0 aliphatic heterocycles. The number of hydrogen-bond donors (Lipinski definition) is 2. The maximum atomic E-state index is 5.59. The third-order valence-electron chi connectivity index (χ3n) is 2.80. The van der Waals surface area contributed by atoms with Crippen molar-refractivity contribution in [2.75, 3.05) is 12.0 Å². The summed E-state index contributed by atoms with van der Waals surface area (Å²) < 4.78 is 7.14. The fraction of sp³-hybridized carbons (Fsp3) is 0.0714. The lowest BCUT2D eigenvalue weighted by Gasteiger charge is -2.10. The summed E-state index contributed by atoms with van der Waals surface area (Å²) in [6, 6.07) is 17.3. The molecule has 0 fully saturated rings. The van der Waals surface area contributed by atoms with Gasteiger partial charge in [-0.3, -0.25) is 0 Å². The van der Waals surface area contributed by atoms with Crippen molar-refractivity contribution in [3.63, 3.8) is 0 Å². The Kier molecular flexibility index (Phi) is 4.02. The first kappa shape index (κ1) is 13.4. The van der Waals surface area contributed by atoms with Crippen LogP contribution in [0.2, 0.25) is 0 Å². The Morgan fingerprint density at radius 2 is 1.95 bits per heavy atom. The number of para-hydroxylation sites is 1. The molecule has 6 nitrogen and oxygen atoms in total. The maximum Gasteiger partial charge on any atom is 0.211 e. The van der Waals surface area contributed by atoms with Gasteiger partial charge in [-0.25, -0.2) is 0 Å². The number of thiol groups is 1. The summed E-state index contributed by atoms with van der Waals surface area (Å²) in [5, 5.41) is 14.8. The lowest BCUT2D eigenvalue weighted by Crippen LogP contribution is -2.09. The molecule has 0 unspecified atom stereocenters. The topological polar surface area (TPSA) is 64.9 Å². The highest BCUT2D eigenvalue weighted by Crippen LogP contribution is 2.16. The average molecular weight is 299 g/mol. The Morgan fingerprint density at radius 1 is 1.10 bits per heavy atom. The van der Waals surface area contributed by atoms with E-state index in [2.05, 4.69) is 33.5 Å². The number of rotatable bonds is 5. The van der Waals surface area contributed by atoms with Crippen LogP contribution < -0.4 is 10.1 Å². The first-order valence-corrected chi connectivity index (χ1v) is 6.77. The van der Waals surface area contributed by atoms with Crippen molar-refractivity contribution >= 4 is 18.3 Å². The maximum absolute atomic E-state index is 5.59. The Bertz CT molecular complexity index is 716. The highest BCUT2D eigenvalue weighted by Gasteiger charge is 2.04. The van der Waals surface area contributed by atoms with Crippen molar-refractivity contribution in [2.45, 2.75) is 5.16 Å². The predicted molar refractivity (Wildman–Crippen MR) is 82.0 cm³/mol. The zero-order valence-electron chi connectivity index (χ0n) is 11.0. The molecule has 0 radical (unpaired) electrons. The van der Waals surface area contributed by atoms with E-state index in [1.807, 2.05) is 54.6 Å². The molecule has 0 saturated carbocycles. The lowest BCUT2D eigenvalue weighted by molar-refractivity contribution is 0.347. The summed E-state index contributed by atoms with van der Waals surface area (Å²) in [5.74, 6) is 0.819. The summed E-state index contributed by atoms with van der Waals surface area (Å²) in [5.41, 5.74) is 1.74. The molecule has 2 aromatic carbocycles. The highest BCUT2D eigenvalue weighted by molar-refractivity contribution is 7.80. The van der Waals surface area contributed by atoms with Gasteiger partial charge in [0.15, 0.2) is 6.73 Å². The lowest BCUT2D eigenvalue weighted by atomic mass is 10.3. The predicted octanol–water partition coefficient (Wildman–Crippen LogP) is 2.40. The van der Waals surface area contributed by atoms with Crippen LogP contribution >= 0.6 is 12.6 Å². The molecule has 7 heteroatoms. The van der Waals surface area contributed by atoms with Crippen molar-refractivity contribution in [1.82, 2.24) is 20.2 Å². The average Bonchev–Trinajstić information content (AvgIpc) is 2.95. The van der Waals surface area contributed by atoms with E-state index in [-0.39, 0.29) is 0 Å². The highest BCUT2D eigenvalue weighted by atomic mass is 32.1. The Morgan fingerprint density at radius 3 is 2.71 bits per heavy atom. The summed E-state index contributed by atoms with van der Waals surface area (Å²) in [6.45, 7) is 0.372. The van der Waals surface area contributed by atoms with Crippen LogP contribution in [0.5, 0.6) is 5.75 Å². The molecule has 0 aliphatic carbocycles. The minimum atomic E-state index is 0.372. The van der Waals surface area contributed by atoms with Crippen LogP contribution in [0, 0.1) is 0 Å². The van der Waals surface area contributed by atoms with Crippen molar-refractivity contribution in [3.05, 3.63) is 54.6 Å². The van der Waals surface area contributed by atoms with E-state index in [0.717, 1.165) is 17.1 Å². The fourth-order valence-corrected chi connectivity index (χ4v) is 2.01. The van der Waals surface area contributed by atoms with Gasteiger partial charge in [0.1, 0.15) is 5.75 Å². The Balaban J connectivity index is 1.65. The van der Waals surface area contributed by atoms with E-state index in [4.69, 9.17) is 4.74 Å². The van der Waals surface area contributed by atoms with Crippen LogP contribution in [-0.2, 0) is 0 Å². The second kappa shape index (κ2) is 6.27. The molecular weight excluding hydrogens is 286 g/mol. The quantitative estimate of drug-likeness (QED) is 0.559. The van der Waals surface area contributed by atoms with Crippen LogP contribution in [0.4, 0.5) is 5.69 Å². The molecule has 1 aromatic heterocycles. The number of nitrogens with zero attached hydrogens (tertiary/aromatic N) is 4. The molecule has 0 saturated heterocycles. The number of nitrogens with one attached hydrogen (secondary N) is 1. The molecule has 1 heterocycles. The zero-order chi connectivity index (χ0) is 14.5. The summed E-state index contributed by atoms with van der Waals surface area (Å²) in [6.07, 6.45) is 0. The standard InChI is InChI=1S/C14H13N5OS/c21-14-16-17-18-19(14)12-6-4-5-11(9-12)15-10-20-13-7-2-1-3-8-13/h1-9,15H,10H2,(H,16,18,21). The van der Waals surface area contributed by atoms with E-state index < -0.39 is 0 Å². The molecule has 1 N–H and O–H groups in total. The third kappa shape index (κ3) is 3.32. The molecule has 106 valence electrons. The van der Waals surface area contributed by atoms with Crippen molar-refractivity contribution < 1.29 is 4.74 Å². The molecule has 0 bridgehead atoms. The van der Waals surface area contributed by atoms with Gasteiger partial charge in [-0.1, -0.05) is 24.3 Å². The number of tetrazole rings is 1. The summed E-state index contributed by atoms with van der Waals surface area (Å²) in [4.78, 5) is 0. The van der Waals surface area contributed by atoms with E-state index in [1.165, 1.54) is 0 Å². The minimum absolute atomic E-state index is 0.372. The van der Waals surface area contributed by atoms with E-state index >= 15 is 0 Å². The first-order valence-electron chi connectivity index (χ1n) is 6.32. The number of anilines is 1. The molecule has 0 spiro atoms. The second-order valence-corrected chi connectivity index (χ2v) is 4.62. The Labute approximate surface area is 127 Å². The molecule has 0 atom stereocenters. The van der Waals surface area contributed by atoms with Gasteiger partial charge in [-0.2, -0.15) is 4.68 Å². The first-order chi connectivity index (χ1) is 10.3. The fourth-order valence-electron chi connectivity index (χ4n) is 1.82. The van der Waals surface area contributed by atoms with Gasteiger partial charge in [0.25, 0.3) is 0 Å². The normalized spacial score (nSPS) is 10.3. The molecule has 3 rings (SSSR count). The van der Waals surface area contributed by atoms with E-state index in [0.29, 0.717) is 11.9 Å². The van der Waals surface area contributed by atoms with Gasteiger partial charge in [-0.05, 0) is 40.8 Å². The number of aromatic nitrogens is 4. The van der Waals surface area contributed by atoms with Crippen LogP contribution in [0.15, 0.2) is 59.8 Å². The minimum Gasteiger partial charge on any atom is -0.473 e. The van der Waals surface area contributed by atoms with Gasteiger partial charge >= 0.3 is 0 Å². The van der Waals surface area contributed by atoms with Gasteiger partial charge in [0.2, 0.25) is 5.16 Å². The zero-order valence-corrected chi connectivity index (χ0v) is 11.9. The van der Waals surface area contributed by atoms with Crippen LogP contribution in [0.1, 0.15) is 0 Å². The summed E-state index contributed by atoms with van der Waals surface area (Å²) >= 11 is 4.19. The SMILES string of the molecule is Sc1nnnn1-c1cccc(NCOc2ccccc2)c1. The molecule has 0 aliphatic rings. The van der Waals surface area contributed by atoms with Crippen molar-refractivity contribution in [1.29, 1.82) is 0 Å². The van der Waals surface area contributed by atoms with Gasteiger partial charge in [-0.15, -0.1) is 17.7 Å². The van der Waals surface area contributed by atoms with Crippen LogP contribution in [-0.4, -0.2) is 26.9 Å². The number of benzene rings is 2. The van der Waals surface area contributed by atoms with Crippen molar-refractivity contribution in [3.8, 4) is 11.4 Å². The van der Waals surface area contributed by atoms with Crippen LogP contribution in [0.3, 0.4) is 0 Å². The summed E-state index contributed by atoms with van der Waals surface area (Å²) in [7, 11) is 0. The van der Waals surface area contributed by atoms with E-state index in [1.54, 1.807) is 4.68 Å². The monoisotopic (exact) mass is 299 g/mol. The van der Waals surface area contributed by atoms with E-state index in [9.17, 15) is 0 Å². The third-order valence-corrected chi connectivity index (χ3v) is 3.08. The largest absolute Gasteiger partial charge is 0.473 e. The molecule has 0 amide bonds. The van der Waals surface area contributed by atoms with Gasteiger partial charge < -0.3 is 10.1 Å². The van der Waals surface area contributed by atoms with Crippen molar-refractivity contribution in [2.24, 2.45) is 0 Å². The molecule has 21 heavy (non-hydrogen) atoms. The number of hydrogen-bond acceptors (Lipinski definition) is 6. The van der Waals surface area contributed by atoms with Crippen LogP contribution in [0.25, 0.3) is 5.69 Å². The second-order valence-electron chi connectivity index (χ2n) is 4.22. The smallest absolute Gasteiger partial charge is 0.211 e. The Hall–Kier alpha value is -2.54. The number of ether oxygens (including phenoxy) is 1.